The maximum atomic E-state index is 11.7. The molecule has 1 aromatic rings. The van der Waals surface area contributed by atoms with Gasteiger partial charge in [0.05, 0.1) is 17.7 Å². The Balaban J connectivity index is 2.27. The molecule has 5 heteroatoms. The van der Waals surface area contributed by atoms with Crippen molar-refractivity contribution in [1.29, 1.82) is 0 Å². The van der Waals surface area contributed by atoms with Crippen LogP contribution in [0.3, 0.4) is 0 Å². The van der Waals surface area contributed by atoms with Gasteiger partial charge in [-0.3, -0.25) is 4.79 Å². The number of nitrogens with zero attached hydrogens (tertiary/aromatic N) is 1. The lowest BCUT2D eigenvalue weighted by atomic mass is 9.94. The van der Waals surface area contributed by atoms with E-state index in [0.29, 0.717) is 25.4 Å². The summed E-state index contributed by atoms with van der Waals surface area (Å²) < 4.78 is 0. The van der Waals surface area contributed by atoms with E-state index < -0.39 is 0 Å². The summed E-state index contributed by atoms with van der Waals surface area (Å²) >= 11 is 1.54. The van der Waals surface area contributed by atoms with Crippen molar-refractivity contribution >= 4 is 17.2 Å². The average Bonchev–Trinajstić information content (AvgIpc) is 2.77. The number of hydrogen-bond acceptors (Lipinski definition) is 4. The van der Waals surface area contributed by atoms with Crippen molar-refractivity contribution in [2.75, 3.05) is 6.54 Å². The average molecular weight is 255 g/mol. The quantitative estimate of drug-likeness (QED) is 0.780. The smallest absolute Gasteiger partial charge is 0.220 e. The number of carbonyl (C=O) groups excluding carboxylic acids is 1. The van der Waals surface area contributed by atoms with E-state index in [1.165, 1.54) is 11.3 Å². The van der Waals surface area contributed by atoms with Gasteiger partial charge in [-0.05, 0) is 24.8 Å². The number of thiazole rings is 1. The summed E-state index contributed by atoms with van der Waals surface area (Å²) in [4.78, 5) is 15.8. The molecule has 0 spiro atoms. The van der Waals surface area contributed by atoms with Crippen molar-refractivity contribution in [3.8, 4) is 0 Å². The molecule has 1 atom stereocenters. The number of nitrogens with two attached hydrogens (primary N) is 1. The zero-order valence-corrected chi connectivity index (χ0v) is 11.3. The Bertz CT molecular complexity index is 325. The Morgan fingerprint density at radius 2 is 2.35 bits per heavy atom. The third-order valence-corrected chi connectivity index (χ3v) is 3.20. The van der Waals surface area contributed by atoms with Gasteiger partial charge >= 0.3 is 0 Å². The van der Waals surface area contributed by atoms with Gasteiger partial charge < -0.3 is 11.1 Å². The van der Waals surface area contributed by atoms with Gasteiger partial charge in [-0.25, -0.2) is 4.98 Å². The van der Waals surface area contributed by atoms with Crippen molar-refractivity contribution in [2.45, 2.75) is 33.2 Å². The number of carbonyl (C=O) groups is 1. The third kappa shape index (κ3) is 5.79. The minimum absolute atomic E-state index is 0.0640. The maximum absolute atomic E-state index is 11.7. The second kappa shape index (κ2) is 7.40. The standard InChI is InChI=1S/C12H21N3OS/c1-9(2)3-10(5-13)4-12(16)14-6-11-7-17-8-15-11/h7-10H,3-6,13H2,1-2H3,(H,14,16)/t10-/m0/s1. The first-order valence-corrected chi connectivity index (χ1v) is 6.90. The molecule has 1 amide bonds. The largest absolute Gasteiger partial charge is 0.350 e. The zero-order chi connectivity index (χ0) is 12.7. The minimum atomic E-state index is 0.0640. The Kier molecular flexibility index (Phi) is 6.15. The molecule has 17 heavy (non-hydrogen) atoms. The van der Waals surface area contributed by atoms with Crippen LogP contribution in [0.25, 0.3) is 0 Å². The summed E-state index contributed by atoms with van der Waals surface area (Å²) in [6.07, 6.45) is 1.51. The predicted molar refractivity (Wildman–Crippen MR) is 70.6 cm³/mol. The van der Waals surface area contributed by atoms with Gasteiger partial charge in [0.1, 0.15) is 0 Å². The fourth-order valence-electron chi connectivity index (χ4n) is 1.78. The first kappa shape index (κ1) is 14.1. The van der Waals surface area contributed by atoms with Crippen LogP contribution in [-0.4, -0.2) is 17.4 Å². The highest BCUT2D eigenvalue weighted by molar-refractivity contribution is 7.07. The van der Waals surface area contributed by atoms with E-state index in [1.807, 2.05) is 5.38 Å². The fraction of sp³-hybridized carbons (Fsp3) is 0.667. The van der Waals surface area contributed by atoms with E-state index in [4.69, 9.17) is 5.73 Å². The highest BCUT2D eigenvalue weighted by atomic mass is 32.1. The lowest BCUT2D eigenvalue weighted by Crippen LogP contribution is -2.28. The van der Waals surface area contributed by atoms with E-state index in [9.17, 15) is 4.79 Å². The van der Waals surface area contributed by atoms with Crippen molar-refractivity contribution < 1.29 is 4.79 Å². The minimum Gasteiger partial charge on any atom is -0.350 e. The number of hydrogen-bond donors (Lipinski definition) is 2. The van der Waals surface area contributed by atoms with Crippen LogP contribution in [0.5, 0.6) is 0 Å². The number of aromatic nitrogens is 1. The molecule has 1 aromatic heterocycles. The van der Waals surface area contributed by atoms with Crippen LogP contribution < -0.4 is 11.1 Å². The normalized spacial score (nSPS) is 12.7. The highest BCUT2D eigenvalue weighted by Crippen LogP contribution is 2.14. The van der Waals surface area contributed by atoms with Gasteiger partial charge in [0, 0.05) is 11.8 Å². The summed E-state index contributed by atoms with van der Waals surface area (Å²) in [5, 5.41) is 4.81. The second-order valence-electron chi connectivity index (χ2n) is 4.69. The molecule has 96 valence electrons. The van der Waals surface area contributed by atoms with Gasteiger partial charge in [-0.15, -0.1) is 11.3 Å². The fourth-order valence-corrected chi connectivity index (χ4v) is 2.34. The highest BCUT2D eigenvalue weighted by Gasteiger charge is 2.13. The molecule has 0 aromatic carbocycles. The van der Waals surface area contributed by atoms with Gasteiger partial charge in [0.25, 0.3) is 0 Å². The van der Waals surface area contributed by atoms with Crippen molar-refractivity contribution in [3.63, 3.8) is 0 Å². The molecule has 4 nitrogen and oxygen atoms in total. The van der Waals surface area contributed by atoms with Crippen molar-refractivity contribution in [3.05, 3.63) is 16.6 Å². The molecule has 0 unspecified atom stereocenters. The second-order valence-corrected chi connectivity index (χ2v) is 5.41. The Morgan fingerprint density at radius 3 is 2.88 bits per heavy atom. The van der Waals surface area contributed by atoms with Gasteiger partial charge in [-0.1, -0.05) is 13.8 Å². The van der Waals surface area contributed by atoms with Crippen LogP contribution >= 0.6 is 11.3 Å². The molecule has 0 bridgehead atoms. The maximum Gasteiger partial charge on any atom is 0.220 e. The van der Waals surface area contributed by atoms with E-state index in [1.54, 1.807) is 5.51 Å². The molecular weight excluding hydrogens is 234 g/mol. The zero-order valence-electron chi connectivity index (χ0n) is 10.5. The SMILES string of the molecule is CC(C)C[C@H](CN)CC(=O)NCc1cscn1. The molecule has 1 heterocycles. The molecule has 0 aliphatic carbocycles. The molecular formula is C12H21N3OS. The number of rotatable bonds is 7. The molecule has 1 rings (SSSR count). The summed E-state index contributed by atoms with van der Waals surface area (Å²) in [6.45, 7) is 5.38. The van der Waals surface area contributed by atoms with Crippen LogP contribution in [0.2, 0.25) is 0 Å². The number of nitrogens with one attached hydrogen (secondary N) is 1. The molecule has 0 radical (unpaired) electrons. The van der Waals surface area contributed by atoms with Crippen LogP contribution in [0.15, 0.2) is 10.9 Å². The summed E-state index contributed by atoms with van der Waals surface area (Å²) in [7, 11) is 0. The Morgan fingerprint density at radius 1 is 1.59 bits per heavy atom. The van der Waals surface area contributed by atoms with Crippen molar-refractivity contribution in [1.82, 2.24) is 10.3 Å². The third-order valence-electron chi connectivity index (χ3n) is 2.56. The van der Waals surface area contributed by atoms with E-state index in [0.717, 1.165) is 12.1 Å². The Hall–Kier alpha value is -0.940. The molecule has 3 N–H and O–H groups in total. The van der Waals surface area contributed by atoms with Gasteiger partial charge in [-0.2, -0.15) is 0 Å². The Labute approximate surface area is 107 Å². The summed E-state index contributed by atoms with van der Waals surface area (Å²) in [5.74, 6) is 0.925. The molecule has 0 aliphatic rings. The molecule has 0 aliphatic heterocycles. The predicted octanol–water partition coefficient (Wildman–Crippen LogP) is 1.77. The lowest BCUT2D eigenvalue weighted by Gasteiger charge is -2.16. The monoisotopic (exact) mass is 255 g/mol. The van der Waals surface area contributed by atoms with Gasteiger partial charge in [0.15, 0.2) is 0 Å². The topological polar surface area (TPSA) is 68.0 Å². The summed E-state index contributed by atoms with van der Waals surface area (Å²) in [6, 6.07) is 0. The molecule has 0 fully saturated rings. The van der Waals surface area contributed by atoms with E-state index in [2.05, 4.69) is 24.1 Å². The summed E-state index contributed by atoms with van der Waals surface area (Å²) in [5.41, 5.74) is 8.35. The van der Waals surface area contributed by atoms with Crippen LogP contribution in [0.4, 0.5) is 0 Å². The molecule has 0 saturated heterocycles. The molecule has 0 saturated carbocycles. The van der Waals surface area contributed by atoms with Crippen LogP contribution in [0.1, 0.15) is 32.4 Å². The van der Waals surface area contributed by atoms with Crippen molar-refractivity contribution in [2.24, 2.45) is 17.6 Å². The first-order valence-electron chi connectivity index (χ1n) is 5.95. The first-order chi connectivity index (χ1) is 8.11. The van der Waals surface area contributed by atoms with Crippen LogP contribution in [-0.2, 0) is 11.3 Å². The van der Waals surface area contributed by atoms with E-state index >= 15 is 0 Å². The van der Waals surface area contributed by atoms with E-state index in [-0.39, 0.29) is 11.8 Å². The van der Waals surface area contributed by atoms with Crippen LogP contribution in [0, 0.1) is 11.8 Å². The lowest BCUT2D eigenvalue weighted by molar-refractivity contribution is -0.122. The number of amides is 1. The van der Waals surface area contributed by atoms with Gasteiger partial charge in [0.2, 0.25) is 5.91 Å².